The maximum absolute atomic E-state index is 12.6. The first-order valence-corrected chi connectivity index (χ1v) is 11.9. The molecular weight excluding hydrogens is 408 g/mol. The van der Waals surface area contributed by atoms with Gasteiger partial charge < -0.3 is 24.0 Å². The molecule has 0 unspecified atom stereocenters. The van der Waals surface area contributed by atoms with Crippen LogP contribution in [0.2, 0.25) is 0 Å². The van der Waals surface area contributed by atoms with Crippen LogP contribution in [-0.4, -0.2) is 79.5 Å². The van der Waals surface area contributed by atoms with Gasteiger partial charge in [-0.25, -0.2) is 4.98 Å². The van der Waals surface area contributed by atoms with Gasteiger partial charge in [0, 0.05) is 56.7 Å². The molecule has 172 valence electrons. The number of aromatic nitrogens is 2. The molecule has 1 saturated carbocycles. The Labute approximate surface area is 188 Å². The van der Waals surface area contributed by atoms with E-state index in [0.29, 0.717) is 25.6 Å². The molecule has 3 fully saturated rings. The minimum Gasteiger partial charge on any atom is -0.488 e. The van der Waals surface area contributed by atoms with Crippen LogP contribution in [0.15, 0.2) is 24.5 Å². The second kappa shape index (κ2) is 10.0. The summed E-state index contributed by atoms with van der Waals surface area (Å²) in [5.41, 5.74) is 2.78. The number of carbonyl (C=O) groups excluding carboxylic acids is 1. The van der Waals surface area contributed by atoms with Crippen molar-refractivity contribution in [1.82, 2.24) is 14.9 Å². The van der Waals surface area contributed by atoms with Gasteiger partial charge in [-0.1, -0.05) is 0 Å². The summed E-state index contributed by atoms with van der Waals surface area (Å²) >= 11 is 0. The molecule has 0 atom stereocenters. The van der Waals surface area contributed by atoms with E-state index in [4.69, 9.17) is 14.2 Å². The topological polar surface area (TPSA) is 77.0 Å². The van der Waals surface area contributed by atoms with Crippen molar-refractivity contribution in [2.24, 2.45) is 5.92 Å². The maximum atomic E-state index is 12.6. The molecule has 1 aromatic heterocycles. The molecule has 2 aliphatic heterocycles. The van der Waals surface area contributed by atoms with Gasteiger partial charge in [0.25, 0.3) is 0 Å². The number of anilines is 1. The van der Waals surface area contributed by atoms with Crippen LogP contribution in [0.25, 0.3) is 11.0 Å². The van der Waals surface area contributed by atoms with Crippen molar-refractivity contribution in [3.05, 3.63) is 24.5 Å². The largest absolute Gasteiger partial charge is 0.488 e. The zero-order valence-corrected chi connectivity index (χ0v) is 18.6. The van der Waals surface area contributed by atoms with E-state index in [1.807, 2.05) is 4.90 Å². The van der Waals surface area contributed by atoms with E-state index in [0.717, 1.165) is 87.5 Å². The first-order valence-electron chi connectivity index (χ1n) is 11.9. The number of carbonyl (C=O) groups is 1. The second-order valence-electron chi connectivity index (χ2n) is 8.93. The Morgan fingerprint density at radius 1 is 0.938 bits per heavy atom. The van der Waals surface area contributed by atoms with Crippen molar-refractivity contribution < 1.29 is 19.0 Å². The van der Waals surface area contributed by atoms with Gasteiger partial charge in [0.1, 0.15) is 11.3 Å². The molecule has 0 bridgehead atoms. The molecule has 0 spiro atoms. The fourth-order valence-corrected chi connectivity index (χ4v) is 4.94. The minimum absolute atomic E-state index is 0.148. The van der Waals surface area contributed by atoms with Crippen LogP contribution in [0.4, 0.5) is 5.69 Å². The van der Waals surface area contributed by atoms with E-state index in [2.05, 4.69) is 27.0 Å². The van der Waals surface area contributed by atoms with Crippen molar-refractivity contribution in [2.45, 2.75) is 38.2 Å². The third kappa shape index (κ3) is 4.96. The quantitative estimate of drug-likeness (QED) is 0.707. The summed E-state index contributed by atoms with van der Waals surface area (Å²) in [5, 5.41) is 0. The highest BCUT2D eigenvalue weighted by atomic mass is 16.5. The third-order valence-corrected chi connectivity index (χ3v) is 6.81. The van der Waals surface area contributed by atoms with Gasteiger partial charge >= 0.3 is 0 Å². The lowest BCUT2D eigenvalue weighted by Gasteiger charge is -2.32. The molecule has 0 N–H and O–H groups in total. The van der Waals surface area contributed by atoms with Crippen LogP contribution in [0, 0.1) is 5.92 Å². The minimum atomic E-state index is 0.148. The fourth-order valence-electron chi connectivity index (χ4n) is 4.94. The standard InChI is InChI=1S/C24H32N4O4/c29-23(28-9-13-31-14-10-28)15-18-1-3-20(4-2-18)32-22-17-19(27-7-11-30-12-8-27)16-21-24(22)26-6-5-25-21/h5-6,16-18,20H,1-4,7-15H2. The van der Waals surface area contributed by atoms with Gasteiger partial charge in [-0.3, -0.25) is 9.78 Å². The molecule has 8 nitrogen and oxygen atoms in total. The van der Waals surface area contributed by atoms with Crippen molar-refractivity contribution in [1.29, 1.82) is 0 Å². The predicted octanol–water partition coefficient (Wildman–Crippen LogP) is 2.65. The molecule has 2 aromatic rings. The smallest absolute Gasteiger partial charge is 0.223 e. The van der Waals surface area contributed by atoms with Crippen molar-refractivity contribution >= 4 is 22.6 Å². The molecule has 3 aliphatic rings. The highest BCUT2D eigenvalue weighted by Crippen LogP contribution is 2.34. The van der Waals surface area contributed by atoms with Crippen LogP contribution < -0.4 is 9.64 Å². The van der Waals surface area contributed by atoms with Gasteiger partial charge in [0.15, 0.2) is 0 Å². The van der Waals surface area contributed by atoms with Crippen molar-refractivity contribution in [3.8, 4) is 5.75 Å². The van der Waals surface area contributed by atoms with E-state index in [1.165, 1.54) is 0 Å². The zero-order valence-electron chi connectivity index (χ0n) is 18.6. The van der Waals surface area contributed by atoms with Gasteiger partial charge in [0.05, 0.1) is 38.0 Å². The summed E-state index contributed by atoms with van der Waals surface area (Å²) in [5.74, 6) is 1.53. The first kappa shape index (κ1) is 21.4. The normalized spacial score (nSPS) is 24.5. The Bertz CT molecular complexity index is 919. The molecular formula is C24H32N4O4. The molecule has 2 saturated heterocycles. The number of fused-ring (bicyclic) bond motifs is 1. The lowest BCUT2D eigenvalue weighted by molar-refractivity contribution is -0.136. The van der Waals surface area contributed by atoms with E-state index in [-0.39, 0.29) is 12.0 Å². The monoisotopic (exact) mass is 440 g/mol. The summed E-state index contributed by atoms with van der Waals surface area (Å²) in [4.78, 5) is 25.9. The van der Waals surface area contributed by atoms with Crippen LogP contribution in [0.5, 0.6) is 5.75 Å². The molecule has 5 rings (SSSR count). The number of rotatable bonds is 5. The Balaban J connectivity index is 1.22. The number of morpholine rings is 2. The summed E-state index contributed by atoms with van der Waals surface area (Å²) in [6.45, 7) is 5.99. The number of benzene rings is 1. The van der Waals surface area contributed by atoms with Crippen LogP contribution in [0.1, 0.15) is 32.1 Å². The number of hydrogen-bond donors (Lipinski definition) is 0. The van der Waals surface area contributed by atoms with Gasteiger partial charge in [0.2, 0.25) is 5.91 Å². The van der Waals surface area contributed by atoms with Gasteiger partial charge in [-0.2, -0.15) is 0 Å². The highest BCUT2D eigenvalue weighted by molar-refractivity contribution is 5.85. The lowest BCUT2D eigenvalue weighted by Crippen LogP contribution is -2.41. The van der Waals surface area contributed by atoms with E-state index < -0.39 is 0 Å². The molecule has 32 heavy (non-hydrogen) atoms. The van der Waals surface area contributed by atoms with E-state index in [9.17, 15) is 4.79 Å². The molecule has 3 heterocycles. The summed E-state index contributed by atoms with van der Waals surface area (Å²) < 4.78 is 17.4. The second-order valence-corrected chi connectivity index (χ2v) is 8.93. The number of nitrogens with zero attached hydrogens (tertiary/aromatic N) is 4. The number of ether oxygens (including phenoxy) is 3. The predicted molar refractivity (Wildman–Crippen MR) is 121 cm³/mol. The van der Waals surface area contributed by atoms with E-state index >= 15 is 0 Å². The lowest BCUT2D eigenvalue weighted by atomic mass is 9.85. The number of hydrogen-bond acceptors (Lipinski definition) is 7. The fraction of sp³-hybridized carbons (Fsp3) is 0.625. The Morgan fingerprint density at radius 3 is 2.38 bits per heavy atom. The Hall–Kier alpha value is -2.45. The van der Waals surface area contributed by atoms with Crippen LogP contribution in [0.3, 0.4) is 0 Å². The Kier molecular flexibility index (Phi) is 6.69. The molecule has 0 radical (unpaired) electrons. The first-order chi connectivity index (χ1) is 15.8. The van der Waals surface area contributed by atoms with Crippen molar-refractivity contribution in [3.63, 3.8) is 0 Å². The summed E-state index contributed by atoms with van der Waals surface area (Å²) in [7, 11) is 0. The number of amides is 1. The molecule has 1 amide bonds. The van der Waals surface area contributed by atoms with Gasteiger partial charge in [-0.05, 0) is 37.7 Å². The van der Waals surface area contributed by atoms with Crippen LogP contribution >= 0.6 is 0 Å². The zero-order chi connectivity index (χ0) is 21.8. The SMILES string of the molecule is O=C(CC1CCC(Oc2cc(N3CCOCC3)cc3nccnc23)CC1)N1CCOCC1. The summed E-state index contributed by atoms with van der Waals surface area (Å²) in [6, 6.07) is 4.20. The Morgan fingerprint density at radius 2 is 1.62 bits per heavy atom. The van der Waals surface area contributed by atoms with Gasteiger partial charge in [-0.15, -0.1) is 0 Å². The maximum Gasteiger partial charge on any atom is 0.223 e. The third-order valence-electron chi connectivity index (χ3n) is 6.81. The van der Waals surface area contributed by atoms with Crippen LogP contribution in [-0.2, 0) is 14.3 Å². The molecule has 1 aromatic carbocycles. The van der Waals surface area contributed by atoms with E-state index in [1.54, 1.807) is 12.4 Å². The average Bonchev–Trinajstić information content (AvgIpc) is 2.86. The average molecular weight is 441 g/mol. The molecule has 1 aliphatic carbocycles. The van der Waals surface area contributed by atoms with Crippen molar-refractivity contribution in [2.75, 3.05) is 57.5 Å². The molecule has 8 heteroatoms. The highest BCUT2D eigenvalue weighted by Gasteiger charge is 2.27. The summed E-state index contributed by atoms with van der Waals surface area (Å²) in [6.07, 6.45) is 8.21.